The molecule has 0 saturated heterocycles. The maximum atomic E-state index is 10.7. The third-order valence-electron chi connectivity index (χ3n) is 2.43. The fourth-order valence-electron chi connectivity index (χ4n) is 1.50. The molecule has 0 aliphatic carbocycles. The van der Waals surface area contributed by atoms with Crippen LogP contribution in [0.1, 0.15) is 5.56 Å². The molecule has 0 saturated carbocycles. The zero-order valence-electron chi connectivity index (χ0n) is 9.68. The van der Waals surface area contributed by atoms with Gasteiger partial charge in [0, 0.05) is 32.3 Å². The first-order valence-corrected chi connectivity index (χ1v) is 7.53. The molecule has 2 aromatic carbocycles. The molecule has 0 unspecified atom stereocenters. The van der Waals surface area contributed by atoms with Gasteiger partial charge < -0.3 is 0 Å². The van der Waals surface area contributed by atoms with Gasteiger partial charge in [0.25, 0.3) is 5.69 Å². The summed E-state index contributed by atoms with van der Waals surface area (Å²) in [5, 5.41) is 11.3. The quantitative estimate of drug-likeness (QED) is 0.423. The van der Waals surface area contributed by atoms with Crippen LogP contribution < -0.4 is 0 Å². The zero-order chi connectivity index (χ0) is 13.8. The minimum absolute atomic E-state index is 0.0641. The summed E-state index contributed by atoms with van der Waals surface area (Å²) >= 11 is 11.0. The normalized spacial score (nSPS) is 10.4. The molecule has 98 valence electrons. The van der Waals surface area contributed by atoms with Gasteiger partial charge in [-0.25, -0.2) is 0 Å². The van der Waals surface area contributed by atoms with Crippen molar-refractivity contribution in [2.75, 3.05) is 0 Å². The predicted octanol–water partition coefficient (Wildman–Crippen LogP) is 5.30. The van der Waals surface area contributed by atoms with E-state index >= 15 is 0 Å². The second-order valence-electron chi connectivity index (χ2n) is 3.78. The van der Waals surface area contributed by atoms with Crippen molar-refractivity contribution >= 4 is 45.0 Å². The number of nitro groups is 1. The standard InChI is InChI=1S/C13H9BrClNO2S/c14-10-2-1-3-12(7-10)19-8-9-6-11(16(17)18)4-5-13(9)15/h1-7H,8H2. The van der Waals surface area contributed by atoms with Crippen LogP contribution in [0.4, 0.5) is 5.69 Å². The van der Waals surface area contributed by atoms with Crippen LogP contribution in [0.5, 0.6) is 0 Å². The van der Waals surface area contributed by atoms with Crippen LogP contribution in [-0.4, -0.2) is 4.92 Å². The number of non-ortho nitro benzene ring substituents is 1. The van der Waals surface area contributed by atoms with Gasteiger partial charge in [0.05, 0.1) is 4.92 Å². The largest absolute Gasteiger partial charge is 0.269 e. The fourth-order valence-corrected chi connectivity index (χ4v) is 3.26. The van der Waals surface area contributed by atoms with E-state index in [-0.39, 0.29) is 5.69 Å². The van der Waals surface area contributed by atoms with Gasteiger partial charge in [-0.05, 0) is 29.8 Å². The van der Waals surface area contributed by atoms with Crippen molar-refractivity contribution in [3.8, 4) is 0 Å². The molecular weight excluding hydrogens is 350 g/mol. The van der Waals surface area contributed by atoms with Crippen LogP contribution in [0.3, 0.4) is 0 Å². The number of halogens is 2. The Hall–Kier alpha value is -1.04. The lowest BCUT2D eigenvalue weighted by molar-refractivity contribution is -0.384. The minimum atomic E-state index is -0.413. The van der Waals surface area contributed by atoms with E-state index in [1.807, 2.05) is 24.3 Å². The first-order valence-electron chi connectivity index (χ1n) is 5.37. The highest BCUT2D eigenvalue weighted by Gasteiger charge is 2.10. The smallest absolute Gasteiger partial charge is 0.258 e. The molecule has 0 fully saturated rings. The van der Waals surface area contributed by atoms with Gasteiger partial charge in [-0.3, -0.25) is 10.1 Å². The Morgan fingerprint density at radius 2 is 2.05 bits per heavy atom. The van der Waals surface area contributed by atoms with Crippen LogP contribution in [0.25, 0.3) is 0 Å². The second-order valence-corrected chi connectivity index (χ2v) is 6.15. The van der Waals surface area contributed by atoms with Crippen molar-refractivity contribution in [3.63, 3.8) is 0 Å². The number of nitro benzene ring substituents is 1. The molecular formula is C13H9BrClNO2S. The molecule has 0 N–H and O–H groups in total. The third-order valence-corrected chi connectivity index (χ3v) is 4.34. The maximum Gasteiger partial charge on any atom is 0.269 e. The molecule has 0 aliphatic heterocycles. The molecule has 0 bridgehead atoms. The Morgan fingerprint density at radius 1 is 1.26 bits per heavy atom. The third kappa shape index (κ3) is 3.96. The molecule has 0 atom stereocenters. The van der Waals surface area contributed by atoms with Crippen LogP contribution in [0.15, 0.2) is 51.8 Å². The summed E-state index contributed by atoms with van der Waals surface area (Å²) in [5.41, 5.74) is 0.829. The van der Waals surface area contributed by atoms with Gasteiger partial charge in [-0.1, -0.05) is 33.6 Å². The highest BCUT2D eigenvalue weighted by atomic mass is 79.9. The predicted molar refractivity (Wildman–Crippen MR) is 81.8 cm³/mol. The van der Waals surface area contributed by atoms with Crippen molar-refractivity contribution in [1.82, 2.24) is 0 Å². The van der Waals surface area contributed by atoms with E-state index in [1.54, 1.807) is 17.8 Å². The topological polar surface area (TPSA) is 43.1 Å². The Labute approximate surface area is 128 Å². The van der Waals surface area contributed by atoms with Crippen molar-refractivity contribution in [1.29, 1.82) is 0 Å². The summed E-state index contributed by atoms with van der Waals surface area (Å²) < 4.78 is 1.00. The van der Waals surface area contributed by atoms with Crippen molar-refractivity contribution < 1.29 is 4.92 Å². The van der Waals surface area contributed by atoms with Crippen molar-refractivity contribution in [3.05, 3.63) is 67.6 Å². The molecule has 0 aliphatic rings. The van der Waals surface area contributed by atoms with Crippen LogP contribution in [0.2, 0.25) is 5.02 Å². The summed E-state index contributed by atoms with van der Waals surface area (Å²) in [6.45, 7) is 0. The number of benzene rings is 2. The summed E-state index contributed by atoms with van der Waals surface area (Å²) in [7, 11) is 0. The first-order chi connectivity index (χ1) is 9.06. The molecule has 3 nitrogen and oxygen atoms in total. The lowest BCUT2D eigenvalue weighted by atomic mass is 10.2. The minimum Gasteiger partial charge on any atom is -0.258 e. The van der Waals surface area contributed by atoms with Crippen molar-refractivity contribution in [2.24, 2.45) is 0 Å². The van der Waals surface area contributed by atoms with Gasteiger partial charge in [0.1, 0.15) is 0 Å². The number of nitrogens with zero attached hydrogens (tertiary/aromatic N) is 1. The Bertz CT molecular complexity index is 621. The molecule has 0 radical (unpaired) electrons. The summed E-state index contributed by atoms with van der Waals surface area (Å²) in [6.07, 6.45) is 0. The fraction of sp³-hybridized carbons (Fsp3) is 0.0769. The highest BCUT2D eigenvalue weighted by molar-refractivity contribution is 9.10. The van der Waals surface area contributed by atoms with Gasteiger partial charge >= 0.3 is 0 Å². The monoisotopic (exact) mass is 357 g/mol. The zero-order valence-corrected chi connectivity index (χ0v) is 12.8. The van der Waals surface area contributed by atoms with E-state index in [1.165, 1.54) is 12.1 Å². The van der Waals surface area contributed by atoms with Gasteiger partial charge in [-0.2, -0.15) is 0 Å². The average molecular weight is 359 g/mol. The summed E-state index contributed by atoms with van der Waals surface area (Å²) in [4.78, 5) is 11.4. The molecule has 6 heteroatoms. The lowest BCUT2D eigenvalue weighted by Crippen LogP contribution is -1.90. The van der Waals surface area contributed by atoms with E-state index in [2.05, 4.69) is 15.9 Å². The molecule has 2 rings (SSSR count). The molecule has 0 heterocycles. The Kier molecular flexibility index (Phi) is 4.85. The van der Waals surface area contributed by atoms with Gasteiger partial charge in [0.15, 0.2) is 0 Å². The van der Waals surface area contributed by atoms with Crippen LogP contribution >= 0.6 is 39.3 Å². The van der Waals surface area contributed by atoms with Gasteiger partial charge in [0.2, 0.25) is 0 Å². The van der Waals surface area contributed by atoms with E-state index in [0.717, 1.165) is 14.9 Å². The number of hydrogen-bond acceptors (Lipinski definition) is 3. The first kappa shape index (κ1) is 14.4. The van der Waals surface area contributed by atoms with Crippen LogP contribution in [0, 0.1) is 10.1 Å². The van der Waals surface area contributed by atoms with E-state index in [4.69, 9.17) is 11.6 Å². The Balaban J connectivity index is 2.15. The summed E-state index contributed by atoms with van der Waals surface area (Å²) in [5.74, 6) is 0.594. The molecule has 0 spiro atoms. The van der Waals surface area contributed by atoms with Gasteiger partial charge in [-0.15, -0.1) is 11.8 Å². The van der Waals surface area contributed by atoms with Crippen LogP contribution in [-0.2, 0) is 5.75 Å². The molecule has 2 aromatic rings. The van der Waals surface area contributed by atoms with E-state index < -0.39 is 4.92 Å². The molecule has 19 heavy (non-hydrogen) atoms. The Morgan fingerprint density at radius 3 is 2.74 bits per heavy atom. The second kappa shape index (κ2) is 6.41. The lowest BCUT2D eigenvalue weighted by Gasteiger charge is -2.05. The van der Waals surface area contributed by atoms with Crippen molar-refractivity contribution in [2.45, 2.75) is 10.6 Å². The average Bonchev–Trinajstić information content (AvgIpc) is 2.37. The van der Waals surface area contributed by atoms with E-state index in [0.29, 0.717) is 10.8 Å². The number of rotatable bonds is 4. The van der Waals surface area contributed by atoms with E-state index in [9.17, 15) is 10.1 Å². The number of thioether (sulfide) groups is 1. The molecule has 0 amide bonds. The highest BCUT2D eigenvalue weighted by Crippen LogP contribution is 2.30. The molecule has 0 aromatic heterocycles. The number of hydrogen-bond donors (Lipinski definition) is 0. The maximum absolute atomic E-state index is 10.7. The summed E-state index contributed by atoms with van der Waals surface area (Å²) in [6, 6.07) is 12.4. The SMILES string of the molecule is O=[N+]([O-])c1ccc(Cl)c(CSc2cccc(Br)c2)c1.